The van der Waals surface area contributed by atoms with Gasteiger partial charge >= 0.3 is 0 Å². The van der Waals surface area contributed by atoms with Crippen LogP contribution < -0.4 is 11.1 Å². The Labute approximate surface area is 106 Å². The fourth-order valence-electron chi connectivity index (χ4n) is 1.30. The topological polar surface area (TPSA) is 87.6 Å². The summed E-state index contributed by atoms with van der Waals surface area (Å²) < 4.78 is 0.876. The first-order valence-electron chi connectivity index (χ1n) is 4.73. The van der Waals surface area contributed by atoms with Crippen LogP contribution in [-0.2, 0) is 0 Å². The summed E-state index contributed by atoms with van der Waals surface area (Å²) in [5.41, 5.74) is 6.75. The van der Waals surface area contributed by atoms with Crippen molar-refractivity contribution < 1.29 is 0 Å². The van der Waals surface area contributed by atoms with E-state index in [1.807, 2.05) is 0 Å². The van der Waals surface area contributed by atoms with Crippen LogP contribution in [0.5, 0.6) is 0 Å². The number of anilines is 3. The van der Waals surface area contributed by atoms with Gasteiger partial charge < -0.3 is 11.1 Å². The predicted octanol–water partition coefficient (Wildman–Crippen LogP) is 2.44. The van der Waals surface area contributed by atoms with Gasteiger partial charge in [0.1, 0.15) is 24.0 Å². The van der Waals surface area contributed by atoms with Crippen molar-refractivity contribution in [3.05, 3.63) is 40.6 Å². The zero-order valence-corrected chi connectivity index (χ0v) is 10.3. The molecule has 0 spiro atoms. The zero-order valence-electron chi connectivity index (χ0n) is 8.68. The van der Waals surface area contributed by atoms with E-state index in [0.717, 1.165) is 4.47 Å². The minimum Gasteiger partial charge on any atom is -0.384 e. The lowest BCUT2D eigenvalue weighted by molar-refractivity contribution is 1.17. The Kier molecular flexibility index (Phi) is 3.21. The van der Waals surface area contributed by atoms with E-state index in [1.54, 1.807) is 24.3 Å². The Morgan fingerprint density at radius 1 is 1.29 bits per heavy atom. The summed E-state index contributed by atoms with van der Waals surface area (Å²) in [6.45, 7) is 0. The molecule has 0 aliphatic rings. The molecule has 2 aromatic rings. The van der Waals surface area contributed by atoms with Gasteiger partial charge in [0, 0.05) is 10.5 Å². The molecule has 6 heteroatoms. The van der Waals surface area contributed by atoms with Crippen molar-refractivity contribution in [2.75, 3.05) is 11.1 Å². The Hall–Kier alpha value is -2.13. The zero-order chi connectivity index (χ0) is 12.3. The van der Waals surface area contributed by atoms with Crippen LogP contribution in [0.25, 0.3) is 0 Å². The Balaban J connectivity index is 2.36. The highest BCUT2D eigenvalue weighted by Crippen LogP contribution is 2.23. The molecule has 0 amide bonds. The highest BCUT2D eigenvalue weighted by atomic mass is 79.9. The number of rotatable bonds is 2. The van der Waals surface area contributed by atoms with Gasteiger partial charge in [-0.05, 0) is 18.2 Å². The maximum absolute atomic E-state index is 8.98. The maximum Gasteiger partial charge on any atom is 0.135 e. The van der Waals surface area contributed by atoms with Crippen molar-refractivity contribution in [1.82, 2.24) is 9.97 Å². The highest BCUT2D eigenvalue weighted by molar-refractivity contribution is 9.10. The molecule has 0 aliphatic carbocycles. The third-order valence-corrected chi connectivity index (χ3v) is 2.55. The normalized spacial score (nSPS) is 9.65. The number of hydrogen-bond acceptors (Lipinski definition) is 5. The van der Waals surface area contributed by atoms with Gasteiger partial charge in [0.15, 0.2) is 0 Å². The van der Waals surface area contributed by atoms with Crippen molar-refractivity contribution in [2.24, 2.45) is 0 Å². The van der Waals surface area contributed by atoms with E-state index in [2.05, 4.69) is 37.3 Å². The molecule has 17 heavy (non-hydrogen) atoms. The van der Waals surface area contributed by atoms with Gasteiger partial charge in [-0.2, -0.15) is 5.26 Å². The molecule has 0 radical (unpaired) electrons. The van der Waals surface area contributed by atoms with Crippen LogP contribution in [-0.4, -0.2) is 9.97 Å². The molecule has 84 valence electrons. The maximum atomic E-state index is 8.98. The molecule has 0 aliphatic heterocycles. The van der Waals surface area contributed by atoms with E-state index in [0.29, 0.717) is 22.9 Å². The van der Waals surface area contributed by atoms with Crippen molar-refractivity contribution in [3.8, 4) is 6.07 Å². The number of nitriles is 1. The molecule has 0 atom stereocenters. The van der Waals surface area contributed by atoms with Crippen LogP contribution in [0.2, 0.25) is 0 Å². The average Bonchev–Trinajstić information content (AvgIpc) is 2.29. The van der Waals surface area contributed by atoms with Crippen LogP contribution in [0.1, 0.15) is 5.56 Å². The summed E-state index contributed by atoms with van der Waals surface area (Å²) in [5, 5.41) is 12.0. The third kappa shape index (κ3) is 2.71. The third-order valence-electron chi connectivity index (χ3n) is 2.05. The molecule has 1 aromatic heterocycles. The Bertz CT molecular complexity index is 591. The Morgan fingerprint density at radius 3 is 2.82 bits per heavy atom. The quantitative estimate of drug-likeness (QED) is 0.887. The number of hydrogen-bond donors (Lipinski definition) is 2. The van der Waals surface area contributed by atoms with Crippen molar-refractivity contribution in [1.29, 1.82) is 5.26 Å². The number of nitrogens with one attached hydrogen (secondary N) is 1. The molecule has 5 nitrogen and oxygen atoms in total. The van der Waals surface area contributed by atoms with E-state index >= 15 is 0 Å². The van der Waals surface area contributed by atoms with Crippen LogP contribution in [0, 0.1) is 11.3 Å². The molecule has 0 bridgehead atoms. The number of aromatic nitrogens is 2. The van der Waals surface area contributed by atoms with E-state index in [1.165, 1.54) is 6.33 Å². The number of nitrogens with zero attached hydrogens (tertiary/aromatic N) is 3. The van der Waals surface area contributed by atoms with E-state index in [9.17, 15) is 0 Å². The number of nitrogen functional groups attached to an aromatic ring is 1. The number of halogens is 1. The first-order valence-corrected chi connectivity index (χ1v) is 5.52. The molecule has 3 N–H and O–H groups in total. The van der Waals surface area contributed by atoms with Crippen LogP contribution in [0.4, 0.5) is 17.3 Å². The van der Waals surface area contributed by atoms with Gasteiger partial charge in [-0.25, -0.2) is 9.97 Å². The highest BCUT2D eigenvalue weighted by Gasteiger charge is 2.04. The summed E-state index contributed by atoms with van der Waals surface area (Å²) in [5.74, 6) is 0.920. The van der Waals surface area contributed by atoms with Gasteiger partial charge in [0.2, 0.25) is 0 Å². The van der Waals surface area contributed by atoms with Crippen molar-refractivity contribution in [2.45, 2.75) is 0 Å². The summed E-state index contributed by atoms with van der Waals surface area (Å²) >= 11 is 3.35. The average molecular weight is 290 g/mol. The number of nitrogens with two attached hydrogens (primary N) is 1. The molecular weight excluding hydrogens is 282 g/mol. The fraction of sp³-hybridized carbons (Fsp3) is 0. The largest absolute Gasteiger partial charge is 0.384 e. The Morgan fingerprint density at radius 2 is 2.12 bits per heavy atom. The summed E-state index contributed by atoms with van der Waals surface area (Å²) in [6.07, 6.45) is 1.36. The molecule has 0 unspecified atom stereocenters. The lowest BCUT2D eigenvalue weighted by atomic mass is 10.2. The minimum atomic E-state index is 0.371. The van der Waals surface area contributed by atoms with E-state index in [4.69, 9.17) is 11.0 Å². The molecule has 0 saturated heterocycles. The van der Waals surface area contributed by atoms with E-state index in [-0.39, 0.29) is 0 Å². The van der Waals surface area contributed by atoms with E-state index < -0.39 is 0 Å². The number of benzene rings is 1. The van der Waals surface area contributed by atoms with Crippen molar-refractivity contribution in [3.63, 3.8) is 0 Å². The summed E-state index contributed by atoms with van der Waals surface area (Å²) in [4.78, 5) is 7.81. The van der Waals surface area contributed by atoms with Gasteiger partial charge in [0.25, 0.3) is 0 Å². The van der Waals surface area contributed by atoms with Crippen LogP contribution in [0.15, 0.2) is 35.1 Å². The smallest absolute Gasteiger partial charge is 0.135 e. The molecule has 0 fully saturated rings. The first-order chi connectivity index (χ1) is 8.19. The van der Waals surface area contributed by atoms with Crippen molar-refractivity contribution >= 4 is 33.3 Å². The molecule has 1 aromatic carbocycles. The molecule has 1 heterocycles. The fourth-order valence-corrected chi connectivity index (χ4v) is 1.66. The molecular formula is C11H8BrN5. The second kappa shape index (κ2) is 4.80. The lowest BCUT2D eigenvalue weighted by Gasteiger charge is -2.07. The minimum absolute atomic E-state index is 0.371. The first kappa shape index (κ1) is 11.4. The lowest BCUT2D eigenvalue weighted by Crippen LogP contribution is -1.98. The van der Waals surface area contributed by atoms with Crippen LogP contribution >= 0.6 is 15.9 Å². The SMILES string of the molecule is N#Cc1ccc(Br)cc1Nc1cc(N)ncn1. The molecule has 0 saturated carbocycles. The summed E-state index contributed by atoms with van der Waals surface area (Å²) in [6, 6.07) is 9.02. The van der Waals surface area contributed by atoms with Gasteiger partial charge in [-0.15, -0.1) is 0 Å². The predicted molar refractivity (Wildman–Crippen MR) is 68.6 cm³/mol. The van der Waals surface area contributed by atoms with Gasteiger partial charge in [-0.1, -0.05) is 15.9 Å². The monoisotopic (exact) mass is 289 g/mol. The molecule has 2 rings (SSSR count). The second-order valence-electron chi connectivity index (χ2n) is 3.25. The summed E-state index contributed by atoms with van der Waals surface area (Å²) in [7, 11) is 0. The standard InChI is InChI=1S/C11H8BrN5/c12-8-2-1-7(5-13)9(3-8)17-11-4-10(14)15-6-16-11/h1-4,6H,(H3,14,15,16,17). The van der Waals surface area contributed by atoms with Crippen LogP contribution in [0.3, 0.4) is 0 Å². The van der Waals surface area contributed by atoms with Gasteiger partial charge in [-0.3, -0.25) is 0 Å². The second-order valence-corrected chi connectivity index (χ2v) is 4.17. The van der Waals surface area contributed by atoms with Gasteiger partial charge in [0.05, 0.1) is 11.3 Å².